The number of aromatic nitrogens is 2. The van der Waals surface area contributed by atoms with Crippen molar-refractivity contribution in [2.24, 2.45) is 10.7 Å². The second kappa shape index (κ2) is 7.97. The van der Waals surface area contributed by atoms with E-state index in [1.807, 2.05) is 57.3 Å². The lowest BCUT2D eigenvalue weighted by Crippen LogP contribution is -2.41. The SMILES string of the molecule is COc1cc2c3c([nH]c2cc1-c1c(C)noc1C)N(C)C(C)N=C3N[C@H](N)c1ccccc1. The number of nitrogens with one attached hydrogen (secondary N) is 2. The van der Waals surface area contributed by atoms with E-state index < -0.39 is 0 Å². The number of benzene rings is 2. The van der Waals surface area contributed by atoms with Crippen molar-refractivity contribution in [3.63, 3.8) is 0 Å². The van der Waals surface area contributed by atoms with E-state index in [4.69, 9.17) is 20.0 Å². The summed E-state index contributed by atoms with van der Waals surface area (Å²) in [5.74, 6) is 3.23. The molecule has 4 aromatic rings. The summed E-state index contributed by atoms with van der Waals surface area (Å²) < 4.78 is 11.2. The van der Waals surface area contributed by atoms with Crippen LogP contribution >= 0.6 is 0 Å². The second-order valence-electron chi connectivity index (χ2n) is 8.40. The molecule has 0 saturated heterocycles. The lowest BCUT2D eigenvalue weighted by molar-refractivity contribution is 0.393. The first-order chi connectivity index (χ1) is 15.9. The van der Waals surface area contributed by atoms with E-state index in [9.17, 15) is 0 Å². The molecular formula is C25H28N6O2. The number of hydrogen-bond acceptors (Lipinski definition) is 7. The zero-order valence-electron chi connectivity index (χ0n) is 19.4. The van der Waals surface area contributed by atoms with E-state index in [1.54, 1.807) is 7.11 Å². The Morgan fingerprint density at radius 3 is 2.61 bits per heavy atom. The summed E-state index contributed by atoms with van der Waals surface area (Å²) in [6, 6.07) is 14.1. The minimum Gasteiger partial charge on any atom is -0.496 e. The van der Waals surface area contributed by atoms with E-state index in [0.717, 1.165) is 62.0 Å². The molecule has 0 spiro atoms. The summed E-state index contributed by atoms with van der Waals surface area (Å²) in [6.07, 6.45) is -0.443. The third-order valence-electron chi connectivity index (χ3n) is 6.32. The number of aromatic amines is 1. The van der Waals surface area contributed by atoms with Crippen molar-refractivity contribution in [1.82, 2.24) is 15.5 Å². The molecule has 2 aromatic carbocycles. The Hall–Kier alpha value is -3.78. The van der Waals surface area contributed by atoms with E-state index in [-0.39, 0.29) is 12.3 Å². The molecule has 0 saturated carbocycles. The number of anilines is 1. The van der Waals surface area contributed by atoms with Crippen LogP contribution in [0.15, 0.2) is 52.0 Å². The minimum absolute atomic E-state index is 0.0556. The minimum atomic E-state index is -0.387. The Morgan fingerprint density at radius 1 is 1.18 bits per heavy atom. The number of fused-ring (bicyclic) bond motifs is 3. The van der Waals surface area contributed by atoms with Crippen LogP contribution in [0.3, 0.4) is 0 Å². The number of methoxy groups -OCH3 is 1. The van der Waals surface area contributed by atoms with Gasteiger partial charge >= 0.3 is 0 Å². The van der Waals surface area contributed by atoms with Gasteiger partial charge in [0.1, 0.15) is 35.5 Å². The average Bonchev–Trinajstić information content (AvgIpc) is 3.36. The van der Waals surface area contributed by atoms with Gasteiger partial charge in [0.15, 0.2) is 0 Å². The van der Waals surface area contributed by atoms with Gasteiger partial charge in [-0.1, -0.05) is 35.5 Å². The molecule has 2 atom stereocenters. The quantitative estimate of drug-likeness (QED) is 0.407. The van der Waals surface area contributed by atoms with Crippen molar-refractivity contribution in [1.29, 1.82) is 0 Å². The number of hydrogen-bond donors (Lipinski definition) is 3. The molecule has 0 bridgehead atoms. The van der Waals surface area contributed by atoms with Gasteiger partial charge in [-0.25, -0.2) is 4.99 Å². The van der Waals surface area contributed by atoms with Crippen LogP contribution in [0.1, 0.15) is 35.7 Å². The molecule has 1 aliphatic rings. The summed E-state index contributed by atoms with van der Waals surface area (Å²) in [5, 5.41) is 8.55. The van der Waals surface area contributed by atoms with Gasteiger partial charge in [0.05, 0.1) is 23.9 Å². The average molecular weight is 445 g/mol. The van der Waals surface area contributed by atoms with Crippen molar-refractivity contribution in [3.05, 3.63) is 65.0 Å². The van der Waals surface area contributed by atoms with E-state index in [0.29, 0.717) is 0 Å². The molecule has 8 heteroatoms. The van der Waals surface area contributed by atoms with Crippen LogP contribution in [0.25, 0.3) is 22.0 Å². The van der Waals surface area contributed by atoms with Gasteiger partial charge in [-0.3, -0.25) is 0 Å². The fourth-order valence-corrected chi connectivity index (χ4v) is 4.47. The molecule has 5 rings (SSSR count). The van der Waals surface area contributed by atoms with Gasteiger partial charge in [-0.05, 0) is 38.5 Å². The van der Waals surface area contributed by atoms with Gasteiger partial charge in [0.2, 0.25) is 0 Å². The maximum absolute atomic E-state index is 6.50. The van der Waals surface area contributed by atoms with Gasteiger partial charge in [0.25, 0.3) is 0 Å². The molecule has 33 heavy (non-hydrogen) atoms. The van der Waals surface area contributed by atoms with E-state index in [1.165, 1.54) is 0 Å². The Labute approximate surface area is 192 Å². The molecule has 8 nitrogen and oxygen atoms in total. The Balaban J connectivity index is 1.66. The van der Waals surface area contributed by atoms with Gasteiger partial charge < -0.3 is 30.2 Å². The second-order valence-corrected chi connectivity index (χ2v) is 8.40. The summed E-state index contributed by atoms with van der Waals surface area (Å²) >= 11 is 0. The summed E-state index contributed by atoms with van der Waals surface area (Å²) in [4.78, 5) is 10.6. The number of nitrogens with two attached hydrogens (primary N) is 1. The van der Waals surface area contributed by atoms with E-state index >= 15 is 0 Å². The van der Waals surface area contributed by atoms with Crippen LogP contribution in [-0.2, 0) is 0 Å². The van der Waals surface area contributed by atoms with Gasteiger partial charge in [-0.2, -0.15) is 0 Å². The lowest BCUT2D eigenvalue weighted by Gasteiger charge is -2.31. The van der Waals surface area contributed by atoms with Crippen molar-refractivity contribution >= 4 is 22.6 Å². The summed E-state index contributed by atoms with van der Waals surface area (Å²) in [6.45, 7) is 5.90. The third-order valence-corrected chi connectivity index (χ3v) is 6.32. The summed E-state index contributed by atoms with van der Waals surface area (Å²) in [5.41, 5.74) is 12.1. The number of aliphatic imine (C=N–C) groups is 1. The van der Waals surface area contributed by atoms with E-state index in [2.05, 4.69) is 33.3 Å². The monoisotopic (exact) mass is 444 g/mol. The number of H-pyrrole nitrogens is 1. The Kier molecular flexibility index (Phi) is 5.09. The molecular weight excluding hydrogens is 416 g/mol. The molecule has 0 fully saturated rings. The highest BCUT2D eigenvalue weighted by Crippen LogP contribution is 2.41. The fraction of sp³-hybridized carbons (Fsp3) is 0.280. The molecule has 2 aromatic heterocycles. The number of amidine groups is 1. The zero-order valence-corrected chi connectivity index (χ0v) is 19.4. The largest absolute Gasteiger partial charge is 0.496 e. The first-order valence-electron chi connectivity index (χ1n) is 10.9. The standard InChI is InChI=1S/C25H28N6O2/c1-13-21(14(2)33-30-13)18-11-19-17(12-20(18)32-5)22-24(27-15(3)31(4)25(22)28-19)29-23(26)16-9-7-6-8-10-16/h6-12,15,23,28H,26H2,1-5H3,(H,27,29)/t15?,23-/m0/s1. The van der Waals surface area contributed by atoms with Crippen LogP contribution in [0.5, 0.6) is 5.75 Å². The topological polar surface area (TPSA) is 105 Å². The van der Waals surface area contributed by atoms with Gasteiger partial charge in [0, 0.05) is 23.5 Å². The molecule has 0 amide bonds. The first kappa shape index (κ1) is 21.1. The van der Waals surface area contributed by atoms with Crippen LogP contribution in [0.2, 0.25) is 0 Å². The van der Waals surface area contributed by atoms with Crippen molar-refractivity contribution in [3.8, 4) is 16.9 Å². The third kappa shape index (κ3) is 3.43. The molecule has 3 heterocycles. The highest BCUT2D eigenvalue weighted by molar-refractivity contribution is 6.16. The van der Waals surface area contributed by atoms with Crippen LogP contribution in [-0.4, -0.2) is 36.3 Å². The number of ether oxygens (including phenoxy) is 1. The maximum Gasteiger partial charge on any atom is 0.141 e. The van der Waals surface area contributed by atoms with Crippen LogP contribution in [0.4, 0.5) is 5.82 Å². The van der Waals surface area contributed by atoms with Crippen LogP contribution < -0.4 is 20.7 Å². The number of nitrogens with zero attached hydrogens (tertiary/aromatic N) is 3. The van der Waals surface area contributed by atoms with Crippen LogP contribution in [0, 0.1) is 13.8 Å². The fourth-order valence-electron chi connectivity index (χ4n) is 4.47. The van der Waals surface area contributed by atoms with Gasteiger partial charge in [-0.15, -0.1) is 0 Å². The molecule has 170 valence electrons. The molecule has 1 aliphatic heterocycles. The highest BCUT2D eigenvalue weighted by Gasteiger charge is 2.29. The summed E-state index contributed by atoms with van der Waals surface area (Å²) in [7, 11) is 3.71. The predicted molar refractivity (Wildman–Crippen MR) is 131 cm³/mol. The molecule has 0 radical (unpaired) electrons. The number of rotatable bonds is 4. The normalized spacial score (nSPS) is 16.5. The Bertz CT molecular complexity index is 1330. The molecule has 1 unspecified atom stereocenters. The predicted octanol–water partition coefficient (Wildman–Crippen LogP) is 4.24. The smallest absolute Gasteiger partial charge is 0.141 e. The van der Waals surface area contributed by atoms with Crippen molar-refractivity contribution in [2.45, 2.75) is 33.1 Å². The zero-order chi connectivity index (χ0) is 23.3. The molecule has 4 N–H and O–H groups in total. The Morgan fingerprint density at radius 2 is 1.94 bits per heavy atom. The van der Waals surface area contributed by atoms with Crippen molar-refractivity contribution < 1.29 is 9.26 Å². The first-order valence-corrected chi connectivity index (χ1v) is 10.9. The van der Waals surface area contributed by atoms with Crippen molar-refractivity contribution in [2.75, 3.05) is 19.1 Å². The lowest BCUT2D eigenvalue weighted by atomic mass is 9.99. The highest BCUT2D eigenvalue weighted by atomic mass is 16.5. The molecule has 0 aliphatic carbocycles. The maximum atomic E-state index is 6.50. The number of aryl methyl sites for hydroxylation is 2.